The number of hydrogen-bond donors (Lipinski definition) is 0. The SMILES string of the molecule is C=C1CCCCC/C(N(c2ccc(-c3ccccc3)cc2)c2ccc(-c3ccccc3)cc2)=C2/CCCCC2=C1c1ccc2c(c1)c1cccc3c4ccccc4n2c31. The molecule has 0 atom stereocenters. The molecule has 0 saturated heterocycles. The van der Waals surface area contributed by atoms with E-state index in [2.05, 4.69) is 179 Å². The van der Waals surface area contributed by atoms with Crippen molar-refractivity contribution < 1.29 is 0 Å². The van der Waals surface area contributed by atoms with Crippen molar-refractivity contribution in [2.75, 3.05) is 4.90 Å². The smallest absolute Gasteiger partial charge is 0.0620 e. The van der Waals surface area contributed by atoms with Gasteiger partial charge in [-0.2, -0.15) is 0 Å². The molecule has 59 heavy (non-hydrogen) atoms. The van der Waals surface area contributed by atoms with Crippen LogP contribution in [-0.2, 0) is 0 Å². The van der Waals surface area contributed by atoms with Crippen molar-refractivity contribution in [1.29, 1.82) is 0 Å². The minimum atomic E-state index is 1.03. The number of aromatic nitrogens is 1. The first-order chi connectivity index (χ1) is 29.2. The summed E-state index contributed by atoms with van der Waals surface area (Å²) in [5, 5.41) is 5.31. The van der Waals surface area contributed by atoms with Crippen molar-refractivity contribution >= 4 is 55.0 Å². The lowest BCUT2D eigenvalue weighted by Crippen LogP contribution is -2.21. The standard InChI is InChI=1S/C57H48N2/c1-39-16-5-2-10-26-53(58(45-33-28-42(29-34-45)40-17-6-3-7-18-40)46-35-30-43(31-36-46)41-19-8-4-9-20-41)47-21-11-12-23-49(47)56(39)44-32-37-55-52(38-44)51-25-15-24-50-48-22-13-14-27-54(48)59(55)57(50)51/h3-4,6-9,13-15,17-20,22,24-25,27-38H,1-2,5,10-12,16,21,23,26H2/b53-47+,56-49?. The van der Waals surface area contributed by atoms with Crippen molar-refractivity contribution in [2.45, 2.75) is 57.8 Å². The Morgan fingerprint density at radius 3 is 1.58 bits per heavy atom. The van der Waals surface area contributed by atoms with Gasteiger partial charge >= 0.3 is 0 Å². The van der Waals surface area contributed by atoms with Crippen molar-refractivity contribution in [2.24, 2.45) is 0 Å². The topological polar surface area (TPSA) is 7.65 Å². The van der Waals surface area contributed by atoms with Crippen LogP contribution >= 0.6 is 0 Å². The zero-order chi connectivity index (χ0) is 39.3. The number of nitrogens with zero attached hydrogens (tertiary/aromatic N) is 2. The summed E-state index contributed by atoms with van der Waals surface area (Å²) in [6.07, 6.45) is 10.1. The Bertz CT molecular complexity index is 2970. The molecule has 11 rings (SSSR count). The van der Waals surface area contributed by atoms with Crippen LogP contribution in [0.3, 0.4) is 0 Å². The zero-order valence-corrected chi connectivity index (χ0v) is 33.6. The molecule has 0 N–H and O–H groups in total. The number of hydrogen-bond acceptors (Lipinski definition) is 1. The van der Waals surface area contributed by atoms with E-state index in [9.17, 15) is 0 Å². The van der Waals surface area contributed by atoms with Gasteiger partial charge in [-0.05, 0) is 144 Å². The van der Waals surface area contributed by atoms with E-state index < -0.39 is 0 Å². The molecule has 1 fully saturated rings. The molecule has 0 spiro atoms. The number of fused-ring (bicyclic) bond motifs is 7. The Balaban J connectivity index is 1.12. The van der Waals surface area contributed by atoms with Crippen LogP contribution in [0.4, 0.5) is 11.4 Å². The van der Waals surface area contributed by atoms with Gasteiger partial charge in [0.05, 0.1) is 16.6 Å². The Morgan fingerprint density at radius 2 is 0.898 bits per heavy atom. The van der Waals surface area contributed by atoms with Crippen LogP contribution in [0, 0.1) is 0 Å². The zero-order valence-electron chi connectivity index (χ0n) is 33.6. The molecule has 9 aromatic rings. The molecule has 2 aromatic heterocycles. The van der Waals surface area contributed by atoms with Gasteiger partial charge < -0.3 is 9.30 Å². The summed E-state index contributed by atoms with van der Waals surface area (Å²) in [6, 6.07) is 63.0. The van der Waals surface area contributed by atoms with Gasteiger partial charge in [0.1, 0.15) is 0 Å². The van der Waals surface area contributed by atoms with Gasteiger partial charge in [-0.25, -0.2) is 0 Å². The molecule has 0 amide bonds. The molecule has 2 heterocycles. The summed E-state index contributed by atoms with van der Waals surface area (Å²) in [5.74, 6) is 0. The van der Waals surface area contributed by atoms with E-state index in [1.807, 2.05) is 0 Å². The van der Waals surface area contributed by atoms with Gasteiger partial charge in [-0.15, -0.1) is 0 Å². The number of para-hydroxylation sites is 2. The van der Waals surface area contributed by atoms with E-state index in [0.29, 0.717) is 0 Å². The fourth-order valence-electron chi connectivity index (χ4n) is 10.3. The largest absolute Gasteiger partial charge is 0.314 e. The fourth-order valence-corrected chi connectivity index (χ4v) is 10.3. The lowest BCUT2D eigenvalue weighted by atomic mass is 9.78. The second kappa shape index (κ2) is 14.9. The average molecular weight is 761 g/mol. The van der Waals surface area contributed by atoms with Crippen LogP contribution < -0.4 is 4.90 Å². The van der Waals surface area contributed by atoms with Crippen LogP contribution in [0.2, 0.25) is 0 Å². The summed E-state index contributed by atoms with van der Waals surface area (Å²) < 4.78 is 2.49. The van der Waals surface area contributed by atoms with Crippen LogP contribution in [0.25, 0.3) is 65.9 Å². The Hall–Kier alpha value is -6.64. The van der Waals surface area contributed by atoms with Gasteiger partial charge in [0.2, 0.25) is 0 Å². The van der Waals surface area contributed by atoms with Crippen molar-refractivity contribution in [1.82, 2.24) is 4.40 Å². The maximum Gasteiger partial charge on any atom is 0.0620 e. The molecular weight excluding hydrogens is 713 g/mol. The summed E-state index contributed by atoms with van der Waals surface area (Å²) in [6.45, 7) is 4.90. The van der Waals surface area contributed by atoms with Crippen LogP contribution in [0.5, 0.6) is 0 Å². The van der Waals surface area contributed by atoms with Gasteiger partial charge in [-0.1, -0.05) is 140 Å². The summed E-state index contributed by atoms with van der Waals surface area (Å²) >= 11 is 0. The average Bonchev–Trinajstić information content (AvgIpc) is 3.82. The minimum absolute atomic E-state index is 1.03. The monoisotopic (exact) mass is 760 g/mol. The first kappa shape index (κ1) is 35.5. The molecule has 2 aliphatic rings. The molecule has 2 heteroatoms. The van der Waals surface area contributed by atoms with Crippen LogP contribution in [0.15, 0.2) is 199 Å². The van der Waals surface area contributed by atoms with Gasteiger partial charge in [0.25, 0.3) is 0 Å². The third-order valence-electron chi connectivity index (χ3n) is 13.1. The Labute approximate surface area is 347 Å². The number of allylic oxidation sites excluding steroid dienone is 5. The molecule has 2 nitrogen and oxygen atoms in total. The third kappa shape index (κ3) is 6.17. The van der Waals surface area contributed by atoms with Crippen molar-refractivity contribution in [3.8, 4) is 22.3 Å². The Morgan fingerprint density at radius 1 is 0.390 bits per heavy atom. The van der Waals surface area contributed by atoms with E-state index in [1.54, 1.807) is 0 Å². The highest BCUT2D eigenvalue weighted by Crippen LogP contribution is 2.47. The molecule has 0 aliphatic heterocycles. The number of anilines is 2. The van der Waals surface area contributed by atoms with Gasteiger partial charge in [0.15, 0.2) is 0 Å². The molecule has 0 radical (unpaired) electrons. The highest BCUT2D eigenvalue weighted by atomic mass is 15.2. The van der Waals surface area contributed by atoms with E-state index in [4.69, 9.17) is 6.58 Å². The molecule has 0 unspecified atom stereocenters. The summed E-state index contributed by atoms with van der Waals surface area (Å²) in [4.78, 5) is 2.61. The fraction of sp³-hybridized carbons (Fsp3) is 0.158. The lowest BCUT2D eigenvalue weighted by molar-refractivity contribution is 0.637. The van der Waals surface area contributed by atoms with Crippen LogP contribution in [-0.4, -0.2) is 4.40 Å². The predicted molar refractivity (Wildman–Crippen MR) is 252 cm³/mol. The first-order valence-corrected chi connectivity index (χ1v) is 21.6. The first-order valence-electron chi connectivity index (χ1n) is 21.6. The Kier molecular flexibility index (Phi) is 9.00. The quantitative estimate of drug-likeness (QED) is 0.164. The number of rotatable bonds is 6. The molecule has 0 bridgehead atoms. The van der Waals surface area contributed by atoms with E-state index >= 15 is 0 Å². The summed E-state index contributed by atoms with van der Waals surface area (Å²) in [5.41, 5.74) is 19.7. The van der Waals surface area contributed by atoms with Crippen molar-refractivity contribution in [3.05, 3.63) is 204 Å². The van der Waals surface area contributed by atoms with E-state index in [-0.39, 0.29) is 0 Å². The molecule has 7 aromatic carbocycles. The molecule has 286 valence electrons. The highest BCUT2D eigenvalue weighted by Gasteiger charge is 2.28. The third-order valence-corrected chi connectivity index (χ3v) is 13.1. The normalized spacial score (nSPS) is 16.6. The second-order valence-electron chi connectivity index (χ2n) is 16.6. The molecule has 2 aliphatic carbocycles. The molecular formula is C57H48N2. The second-order valence-corrected chi connectivity index (χ2v) is 16.6. The minimum Gasteiger partial charge on any atom is -0.314 e. The highest BCUT2D eigenvalue weighted by molar-refractivity contribution is 6.23. The molecule has 1 saturated carbocycles. The van der Waals surface area contributed by atoms with Gasteiger partial charge in [-0.3, -0.25) is 0 Å². The predicted octanol–water partition coefficient (Wildman–Crippen LogP) is 16.1. The summed E-state index contributed by atoms with van der Waals surface area (Å²) in [7, 11) is 0. The van der Waals surface area contributed by atoms with Gasteiger partial charge in [0, 0.05) is 38.6 Å². The number of benzene rings is 7. The van der Waals surface area contributed by atoms with E-state index in [0.717, 1.165) is 38.5 Å². The van der Waals surface area contributed by atoms with E-state index in [1.165, 1.54) is 125 Å². The maximum absolute atomic E-state index is 4.90. The maximum atomic E-state index is 4.90. The lowest BCUT2D eigenvalue weighted by Gasteiger charge is -2.35. The van der Waals surface area contributed by atoms with Crippen LogP contribution in [0.1, 0.15) is 63.4 Å². The van der Waals surface area contributed by atoms with Crippen molar-refractivity contribution in [3.63, 3.8) is 0 Å².